The van der Waals surface area contributed by atoms with Crippen molar-refractivity contribution in [2.75, 3.05) is 80.5 Å². The fourth-order valence-corrected chi connectivity index (χ4v) is 16.7. The number of hydrogen-bond donors (Lipinski definition) is 2. The predicted molar refractivity (Wildman–Crippen MR) is 320 cm³/mol. The van der Waals surface area contributed by atoms with Crippen LogP contribution in [0.5, 0.6) is 23.0 Å². The van der Waals surface area contributed by atoms with Crippen LogP contribution < -0.4 is 19.2 Å². The second-order valence-electron chi connectivity index (χ2n) is 22.9. The molecule has 0 radical (unpaired) electrons. The van der Waals surface area contributed by atoms with E-state index in [1.54, 1.807) is 85.5 Å². The summed E-state index contributed by atoms with van der Waals surface area (Å²) in [7, 11) is 4.29. The number of amides is 7. The number of benzene rings is 4. The molecule has 10 rings (SSSR count). The van der Waals surface area contributed by atoms with Crippen molar-refractivity contribution in [2.24, 2.45) is 0 Å². The van der Waals surface area contributed by atoms with Gasteiger partial charge in [0.25, 0.3) is 20.1 Å². The molecule has 0 spiro atoms. The maximum atomic E-state index is 14.3. The largest absolute Gasteiger partial charge is 0.541 e. The number of ether oxygens (including phenoxy) is 2. The normalized spacial score (nSPS) is 14.9. The first kappa shape index (κ1) is 62.6. The topological polar surface area (TPSA) is 211 Å². The molecular formula is C62H76F2N10O10Si. The number of nitrogens with one attached hydrogen (secondary N) is 1. The molecule has 452 valence electrons. The number of pyridine rings is 2. The van der Waals surface area contributed by atoms with E-state index in [0.29, 0.717) is 102 Å². The Morgan fingerprint density at radius 1 is 0.600 bits per heavy atom. The van der Waals surface area contributed by atoms with E-state index in [9.17, 15) is 42.7 Å². The molecule has 4 aromatic carbocycles. The van der Waals surface area contributed by atoms with Crippen LogP contribution in [0.25, 0.3) is 21.8 Å². The van der Waals surface area contributed by atoms with Crippen molar-refractivity contribution in [3.63, 3.8) is 0 Å². The zero-order chi connectivity index (χ0) is 61.6. The maximum absolute atomic E-state index is 14.3. The van der Waals surface area contributed by atoms with E-state index in [1.165, 1.54) is 57.0 Å². The maximum Gasteiger partial charge on any atom is 0.415 e. The summed E-state index contributed by atoms with van der Waals surface area (Å²) in [6.07, 6.45) is 2.11. The highest BCUT2D eigenvalue weighted by molar-refractivity contribution is 6.78. The zero-order valence-corrected chi connectivity index (χ0v) is 51.2. The number of urea groups is 1. The van der Waals surface area contributed by atoms with E-state index in [1.807, 2.05) is 12.1 Å². The Morgan fingerprint density at radius 3 is 1.46 bits per heavy atom. The van der Waals surface area contributed by atoms with E-state index < -0.39 is 26.4 Å². The van der Waals surface area contributed by atoms with Gasteiger partial charge >= 0.3 is 18.2 Å². The number of carbonyl (C=O) groups is 6. The average Bonchev–Trinajstić information content (AvgIpc) is 2.36. The number of halogens is 2. The molecule has 0 saturated carbocycles. The molecular weight excluding hydrogens is 1110 g/mol. The number of piperazine rings is 2. The first-order valence-corrected chi connectivity index (χ1v) is 30.7. The Labute approximate surface area is 495 Å². The molecule has 6 aromatic rings. The lowest BCUT2D eigenvalue weighted by molar-refractivity contribution is -0.126. The number of phenols is 1. The highest BCUT2D eigenvalue weighted by Gasteiger charge is 2.49. The van der Waals surface area contributed by atoms with Gasteiger partial charge in [-0.3, -0.25) is 24.4 Å². The van der Waals surface area contributed by atoms with Crippen molar-refractivity contribution in [1.29, 1.82) is 0 Å². The number of fused-ring (bicyclic) bond motifs is 4. The van der Waals surface area contributed by atoms with Gasteiger partial charge in [-0.2, -0.15) is 0 Å². The van der Waals surface area contributed by atoms with Crippen LogP contribution >= 0.6 is 0 Å². The minimum atomic E-state index is -2.51. The molecule has 7 amide bonds. The molecule has 0 aliphatic carbocycles. The van der Waals surface area contributed by atoms with Crippen LogP contribution in [0, 0.1) is 11.6 Å². The minimum absolute atomic E-state index is 0.0394. The van der Waals surface area contributed by atoms with Gasteiger partial charge in [-0.1, -0.05) is 65.8 Å². The van der Waals surface area contributed by atoms with Crippen LogP contribution in [0.1, 0.15) is 91.4 Å². The van der Waals surface area contributed by atoms with Crippen LogP contribution in [-0.2, 0) is 31.0 Å². The Balaban J connectivity index is 0.000000203. The molecule has 2 N–H and O–H groups in total. The lowest BCUT2D eigenvalue weighted by atomic mass is 10.0. The summed E-state index contributed by atoms with van der Waals surface area (Å²) >= 11 is 0. The highest BCUT2D eigenvalue weighted by atomic mass is 28.4. The summed E-state index contributed by atoms with van der Waals surface area (Å²) in [4.78, 5) is 96.4. The van der Waals surface area contributed by atoms with Gasteiger partial charge in [-0.25, -0.2) is 23.2 Å². The number of phenolic OH excluding ortho intramolecular Hbond substituents is 1. The number of hydrogen-bond acceptors (Lipinski definition) is 13. The van der Waals surface area contributed by atoms with Crippen molar-refractivity contribution in [2.45, 2.75) is 91.3 Å². The smallest absolute Gasteiger partial charge is 0.415 e. The number of aromatic nitrogens is 2. The van der Waals surface area contributed by atoms with Gasteiger partial charge in [0.2, 0.25) is 5.91 Å². The molecule has 23 heteroatoms. The van der Waals surface area contributed by atoms with Gasteiger partial charge in [-0.05, 0) is 76.3 Å². The summed E-state index contributed by atoms with van der Waals surface area (Å²) in [5.74, 6) is -0.529. The third kappa shape index (κ3) is 13.4. The molecule has 2 saturated heterocycles. The van der Waals surface area contributed by atoms with Gasteiger partial charge < -0.3 is 58.6 Å². The molecule has 4 aliphatic heterocycles. The van der Waals surface area contributed by atoms with Crippen molar-refractivity contribution < 1.29 is 56.6 Å². The molecule has 20 nitrogen and oxygen atoms in total. The van der Waals surface area contributed by atoms with Gasteiger partial charge in [0.1, 0.15) is 39.9 Å². The third-order valence-corrected chi connectivity index (χ3v) is 22.0. The monoisotopic (exact) mass is 1190 g/mol. The summed E-state index contributed by atoms with van der Waals surface area (Å²) in [5.41, 5.74) is 4.46. The SMILES string of the molecule is CC(=O)N(C)C.CC(C)[Si](Oc1c2c(c(OC(=O)N3CCNCC3)c3cccnc13)CN(Cc1ccc(F)cc1)C2=O)(C(C)C)C(C)C.CN(C)C(=O)N1CCN(C(=O)Oc2c3c(c(O)c4ncccc24)C(=O)N(Cc2ccc(F)cc2)C3)CC1. The van der Waals surface area contributed by atoms with Gasteiger partial charge in [0.05, 0.1) is 24.2 Å². The lowest BCUT2D eigenvalue weighted by Gasteiger charge is -2.42. The molecule has 6 heterocycles. The van der Waals surface area contributed by atoms with Crippen LogP contribution in [0.15, 0.2) is 85.2 Å². The number of carbonyl (C=O) groups excluding carboxylic acids is 6. The third-order valence-electron chi connectivity index (χ3n) is 16.0. The fourth-order valence-electron chi connectivity index (χ4n) is 11.5. The zero-order valence-electron chi connectivity index (χ0n) is 50.2. The molecule has 0 atom stereocenters. The fraction of sp³-hybridized carbons (Fsp3) is 0.419. The van der Waals surface area contributed by atoms with E-state index in [4.69, 9.17) is 18.9 Å². The summed E-state index contributed by atoms with van der Waals surface area (Å²) in [5, 5.41) is 15.2. The Bertz CT molecular complexity index is 3440. The molecule has 0 unspecified atom stereocenters. The summed E-state index contributed by atoms with van der Waals surface area (Å²) < 4.78 is 46.2. The van der Waals surface area contributed by atoms with Crippen molar-refractivity contribution in [1.82, 2.24) is 49.6 Å². The standard InChI is InChI=1S/C32H41FN4O4Si.C26H26FN5O5.C4H9NO/c1-20(2)42(21(3)4,22(5)6)41-30-27-26(19-37(31(27)38)18-23-9-11-24(33)12-10-23)29(25-8-7-13-35-28(25)30)40-32(39)36-16-14-34-15-17-36;1-29(2)25(35)30-10-12-31(13-11-30)26(36)37-23-18-4-3-9-28-21(18)22(33)20-19(23)15-32(24(20)34)14-16-5-7-17(27)8-6-16;1-4(6)5(2)3/h7-13,20-22,34H,14-19H2,1-6H3;3-9,33H,10-15H2,1-2H3;1-3H3. The average molecular weight is 1190 g/mol. The van der Waals surface area contributed by atoms with Crippen LogP contribution in [0.3, 0.4) is 0 Å². The second-order valence-corrected chi connectivity index (χ2v) is 28.3. The first-order valence-electron chi connectivity index (χ1n) is 28.5. The predicted octanol–water partition coefficient (Wildman–Crippen LogP) is 9.62. The molecule has 0 bridgehead atoms. The quantitative estimate of drug-likeness (QED) is 0.116. The van der Waals surface area contributed by atoms with Crippen molar-refractivity contribution in [3.05, 3.63) is 130 Å². The highest BCUT2D eigenvalue weighted by Crippen LogP contribution is 2.50. The summed E-state index contributed by atoms with van der Waals surface area (Å²) in [6.45, 7) is 19.3. The Hall–Kier alpha value is -8.44. The van der Waals surface area contributed by atoms with Crippen molar-refractivity contribution in [3.8, 4) is 23.0 Å². The minimum Gasteiger partial charge on any atom is -0.541 e. The van der Waals surface area contributed by atoms with Crippen molar-refractivity contribution >= 4 is 66.1 Å². The molecule has 2 aromatic heterocycles. The molecule has 4 aliphatic rings. The number of aromatic hydroxyl groups is 1. The van der Waals surface area contributed by atoms with Crippen LogP contribution in [0.2, 0.25) is 16.6 Å². The van der Waals surface area contributed by atoms with E-state index >= 15 is 0 Å². The molecule has 2 fully saturated rings. The Kier molecular flexibility index (Phi) is 19.6. The second kappa shape index (κ2) is 26.6. The number of nitrogens with zero attached hydrogens (tertiary/aromatic N) is 9. The summed E-state index contributed by atoms with van der Waals surface area (Å²) in [6, 6.07) is 18.9. The number of rotatable bonds is 11. The van der Waals surface area contributed by atoms with Gasteiger partial charge in [0, 0.05) is 135 Å². The first-order chi connectivity index (χ1) is 40.4. The van der Waals surface area contributed by atoms with Gasteiger partial charge in [0.15, 0.2) is 5.75 Å². The van der Waals surface area contributed by atoms with E-state index in [-0.39, 0.29) is 94.9 Å². The molecule has 85 heavy (non-hydrogen) atoms. The Morgan fingerprint density at radius 2 is 1.01 bits per heavy atom. The van der Waals surface area contributed by atoms with Gasteiger partial charge in [-0.15, -0.1) is 0 Å². The van der Waals surface area contributed by atoms with E-state index in [0.717, 1.165) is 5.56 Å². The lowest BCUT2D eigenvalue weighted by Crippen LogP contribution is -2.53. The van der Waals surface area contributed by atoms with Crippen LogP contribution in [-0.4, -0.2) is 174 Å². The van der Waals surface area contributed by atoms with E-state index in [2.05, 4.69) is 51.8 Å². The van der Waals surface area contributed by atoms with Crippen LogP contribution in [0.4, 0.5) is 23.2 Å².